The van der Waals surface area contributed by atoms with Crippen LogP contribution in [0.4, 0.5) is 0 Å². The Morgan fingerprint density at radius 3 is 1.67 bits per heavy atom. The molecule has 0 spiro atoms. The fraction of sp³-hybridized carbons (Fsp3) is 0.162. The fourth-order valence-corrected chi connectivity index (χ4v) is 6.95. The van der Waals surface area contributed by atoms with Crippen LogP contribution in [0.2, 0.25) is 10.0 Å². The third-order valence-electron chi connectivity index (χ3n) is 8.23. The standard InChI is InChI=1S/C37H30Cl2O3/c1-4-23-19-26(21-32(38)34(23)41-3)37(30-17-11-9-15-28(30)29-16-10-12-18-31(29)37)27-20-24(5-2)35(33(39)22-27)42-36(40)25-13-7-6-8-14-25/h6-22H,4-5H2,1-3H3. The maximum atomic E-state index is 13.0. The maximum absolute atomic E-state index is 13.0. The van der Waals surface area contributed by atoms with E-state index >= 15 is 0 Å². The summed E-state index contributed by atoms with van der Waals surface area (Å²) in [7, 11) is 1.65. The number of methoxy groups -OCH3 is 1. The number of benzene rings is 5. The van der Waals surface area contributed by atoms with E-state index in [1.807, 2.05) is 37.3 Å². The number of halogens is 2. The Hall–Kier alpha value is -4.05. The van der Waals surface area contributed by atoms with Crippen LogP contribution in [0, 0.1) is 0 Å². The average molecular weight is 594 g/mol. The van der Waals surface area contributed by atoms with Crippen LogP contribution in [-0.4, -0.2) is 13.1 Å². The van der Waals surface area contributed by atoms with Crippen LogP contribution < -0.4 is 9.47 Å². The molecule has 0 saturated heterocycles. The van der Waals surface area contributed by atoms with E-state index in [1.54, 1.807) is 19.2 Å². The van der Waals surface area contributed by atoms with E-state index in [2.05, 4.69) is 67.6 Å². The van der Waals surface area contributed by atoms with Gasteiger partial charge in [0.05, 0.1) is 28.1 Å². The number of hydrogen-bond acceptors (Lipinski definition) is 3. The normalized spacial score (nSPS) is 12.9. The van der Waals surface area contributed by atoms with Crippen LogP contribution in [-0.2, 0) is 18.3 Å². The van der Waals surface area contributed by atoms with Gasteiger partial charge in [-0.3, -0.25) is 0 Å². The van der Waals surface area contributed by atoms with E-state index < -0.39 is 11.4 Å². The van der Waals surface area contributed by atoms with Gasteiger partial charge in [0.15, 0.2) is 5.75 Å². The lowest BCUT2D eigenvalue weighted by Crippen LogP contribution is -2.29. The summed E-state index contributed by atoms with van der Waals surface area (Å²) >= 11 is 14.0. The molecule has 0 atom stereocenters. The molecule has 0 unspecified atom stereocenters. The number of hydrogen-bond donors (Lipinski definition) is 0. The van der Waals surface area contributed by atoms with Gasteiger partial charge in [0, 0.05) is 0 Å². The van der Waals surface area contributed by atoms with E-state index in [9.17, 15) is 4.79 Å². The highest BCUT2D eigenvalue weighted by atomic mass is 35.5. The molecule has 5 aromatic carbocycles. The number of rotatable bonds is 7. The fourth-order valence-electron chi connectivity index (χ4n) is 6.35. The number of carbonyl (C=O) groups excluding carboxylic acids is 1. The highest BCUT2D eigenvalue weighted by Crippen LogP contribution is 2.57. The van der Waals surface area contributed by atoms with Crippen LogP contribution in [0.15, 0.2) is 103 Å². The zero-order valence-electron chi connectivity index (χ0n) is 23.7. The SMILES string of the molecule is CCc1cc(C2(c3cc(Cl)c(OC(=O)c4ccccc4)c(CC)c3)c3ccccc3-c3ccccc32)cc(Cl)c1OC. The molecule has 0 aromatic heterocycles. The van der Waals surface area contributed by atoms with Crippen LogP contribution >= 0.6 is 23.2 Å². The van der Waals surface area contributed by atoms with Crippen molar-refractivity contribution in [2.75, 3.05) is 7.11 Å². The van der Waals surface area contributed by atoms with Gasteiger partial charge in [-0.15, -0.1) is 0 Å². The van der Waals surface area contributed by atoms with Crippen LogP contribution in [0.25, 0.3) is 11.1 Å². The Morgan fingerprint density at radius 1 is 0.667 bits per heavy atom. The topological polar surface area (TPSA) is 35.5 Å². The molecular formula is C37H30Cl2O3. The minimum atomic E-state index is -0.720. The third kappa shape index (κ3) is 4.40. The van der Waals surface area contributed by atoms with Crippen LogP contribution in [0.3, 0.4) is 0 Å². The van der Waals surface area contributed by atoms with Crippen molar-refractivity contribution in [2.45, 2.75) is 32.1 Å². The summed E-state index contributed by atoms with van der Waals surface area (Å²) < 4.78 is 11.6. The lowest BCUT2D eigenvalue weighted by Gasteiger charge is -2.35. The predicted molar refractivity (Wildman–Crippen MR) is 170 cm³/mol. The van der Waals surface area contributed by atoms with Crippen molar-refractivity contribution in [3.63, 3.8) is 0 Å². The zero-order valence-corrected chi connectivity index (χ0v) is 25.2. The first-order chi connectivity index (χ1) is 20.4. The van der Waals surface area contributed by atoms with Gasteiger partial charge in [0.2, 0.25) is 0 Å². The van der Waals surface area contributed by atoms with Crippen molar-refractivity contribution in [1.29, 1.82) is 0 Å². The second-order valence-electron chi connectivity index (χ2n) is 10.4. The molecule has 0 amide bonds. The van der Waals surface area contributed by atoms with Crippen LogP contribution in [0.1, 0.15) is 57.6 Å². The maximum Gasteiger partial charge on any atom is 0.343 e. The minimum absolute atomic E-state index is 0.380. The summed E-state index contributed by atoms with van der Waals surface area (Å²) in [5.74, 6) is 0.627. The first kappa shape index (κ1) is 28.1. The summed E-state index contributed by atoms with van der Waals surface area (Å²) in [5, 5.41) is 0.938. The molecule has 1 aliphatic rings. The van der Waals surface area contributed by atoms with Gasteiger partial charge in [-0.25, -0.2) is 4.79 Å². The quantitative estimate of drug-likeness (QED) is 0.137. The van der Waals surface area contributed by atoms with Gasteiger partial charge >= 0.3 is 5.97 Å². The molecule has 5 heteroatoms. The molecule has 5 aromatic rings. The van der Waals surface area contributed by atoms with Crippen LogP contribution in [0.5, 0.6) is 11.5 Å². The summed E-state index contributed by atoms with van der Waals surface area (Å²) in [6.07, 6.45) is 1.37. The van der Waals surface area contributed by atoms with Gasteiger partial charge in [-0.2, -0.15) is 0 Å². The molecule has 0 saturated carbocycles. The Labute approximate surface area is 256 Å². The van der Waals surface area contributed by atoms with Crippen molar-refractivity contribution in [3.05, 3.63) is 152 Å². The van der Waals surface area contributed by atoms with E-state index in [-0.39, 0.29) is 0 Å². The van der Waals surface area contributed by atoms with Crippen molar-refractivity contribution in [2.24, 2.45) is 0 Å². The van der Waals surface area contributed by atoms with E-state index in [0.29, 0.717) is 33.5 Å². The molecule has 0 heterocycles. The number of fused-ring (bicyclic) bond motifs is 3. The Balaban J connectivity index is 1.64. The molecule has 0 radical (unpaired) electrons. The summed E-state index contributed by atoms with van der Waals surface area (Å²) in [5.41, 5.74) is 8.22. The molecule has 3 nitrogen and oxygen atoms in total. The first-order valence-electron chi connectivity index (χ1n) is 14.1. The van der Waals surface area contributed by atoms with E-state index in [0.717, 1.165) is 50.9 Å². The van der Waals surface area contributed by atoms with Crippen molar-refractivity contribution in [1.82, 2.24) is 0 Å². The van der Waals surface area contributed by atoms with Crippen molar-refractivity contribution in [3.8, 4) is 22.6 Å². The summed E-state index contributed by atoms with van der Waals surface area (Å²) in [6, 6.07) is 34.2. The van der Waals surface area contributed by atoms with Crippen molar-refractivity contribution >= 4 is 29.2 Å². The van der Waals surface area contributed by atoms with Gasteiger partial charge in [-0.05, 0) is 81.6 Å². The van der Waals surface area contributed by atoms with Gasteiger partial charge in [0.1, 0.15) is 5.75 Å². The molecule has 0 aliphatic heterocycles. The largest absolute Gasteiger partial charge is 0.495 e. The van der Waals surface area contributed by atoms with Gasteiger partial charge < -0.3 is 9.47 Å². The molecule has 0 fully saturated rings. The highest BCUT2D eigenvalue weighted by Gasteiger charge is 2.47. The molecule has 210 valence electrons. The average Bonchev–Trinajstić information content (AvgIpc) is 3.33. The second kappa shape index (κ2) is 11.3. The molecule has 0 bridgehead atoms. The lowest BCUT2D eigenvalue weighted by atomic mass is 9.67. The first-order valence-corrected chi connectivity index (χ1v) is 14.9. The molecular weight excluding hydrogens is 563 g/mol. The van der Waals surface area contributed by atoms with Gasteiger partial charge in [-0.1, -0.05) is 116 Å². The second-order valence-corrected chi connectivity index (χ2v) is 11.2. The third-order valence-corrected chi connectivity index (χ3v) is 8.79. The number of aryl methyl sites for hydroxylation is 2. The number of esters is 1. The zero-order chi connectivity index (χ0) is 29.4. The molecule has 0 N–H and O–H groups in total. The van der Waals surface area contributed by atoms with Gasteiger partial charge in [0.25, 0.3) is 0 Å². The molecule has 42 heavy (non-hydrogen) atoms. The smallest absolute Gasteiger partial charge is 0.343 e. The Bertz CT molecular complexity index is 1760. The summed E-state index contributed by atoms with van der Waals surface area (Å²) in [6.45, 7) is 4.14. The highest BCUT2D eigenvalue weighted by molar-refractivity contribution is 6.33. The number of carbonyl (C=O) groups is 1. The monoisotopic (exact) mass is 592 g/mol. The summed E-state index contributed by atoms with van der Waals surface area (Å²) in [4.78, 5) is 13.0. The molecule has 6 rings (SSSR count). The molecule has 1 aliphatic carbocycles. The Kier molecular flexibility index (Phi) is 7.57. The Morgan fingerprint density at radius 2 is 1.14 bits per heavy atom. The minimum Gasteiger partial charge on any atom is -0.495 e. The van der Waals surface area contributed by atoms with E-state index in [1.165, 1.54) is 0 Å². The van der Waals surface area contributed by atoms with Crippen molar-refractivity contribution < 1.29 is 14.3 Å². The van der Waals surface area contributed by atoms with E-state index in [4.69, 9.17) is 32.7 Å². The lowest BCUT2D eigenvalue weighted by molar-refractivity contribution is 0.0733. The predicted octanol–water partition coefficient (Wildman–Crippen LogP) is 9.71. The number of ether oxygens (including phenoxy) is 2.